The van der Waals surface area contributed by atoms with Gasteiger partial charge in [-0.05, 0) is 5.92 Å². The van der Waals surface area contributed by atoms with E-state index in [2.05, 4.69) is 4.74 Å². The van der Waals surface area contributed by atoms with Gasteiger partial charge >= 0.3 is 5.97 Å². The van der Waals surface area contributed by atoms with Crippen LogP contribution in [-0.2, 0) is 29.0 Å². The zero-order valence-electron chi connectivity index (χ0n) is 6.31. The van der Waals surface area contributed by atoms with E-state index in [-0.39, 0.29) is 25.4 Å². The van der Waals surface area contributed by atoms with Gasteiger partial charge in [-0.2, -0.15) is 0 Å². The van der Waals surface area contributed by atoms with E-state index in [1.165, 1.54) is 6.92 Å². The van der Waals surface area contributed by atoms with Crippen molar-refractivity contribution < 1.29 is 29.0 Å². The van der Waals surface area contributed by atoms with Crippen molar-refractivity contribution in [3.63, 3.8) is 0 Å². The topological polar surface area (TPSA) is 26.3 Å². The Labute approximate surface area is 68.7 Å². The van der Waals surface area contributed by atoms with Gasteiger partial charge in [-0.25, -0.2) is 0 Å². The average molecular weight is 182 g/mol. The fourth-order valence-electron chi connectivity index (χ4n) is 0.284. The minimum atomic E-state index is -0.196. The van der Waals surface area contributed by atoms with E-state index < -0.39 is 0 Å². The molecule has 0 aliphatic heterocycles. The number of ether oxygens (including phenoxy) is 1. The first-order valence-electron chi connectivity index (χ1n) is 2.76. The van der Waals surface area contributed by atoms with Crippen LogP contribution in [0.4, 0.5) is 0 Å². The maximum Gasteiger partial charge on any atom is 0.302 e. The second-order valence-corrected chi connectivity index (χ2v) is 2.20. The molecule has 0 unspecified atom stereocenters. The smallest absolute Gasteiger partial charge is 0.302 e. The van der Waals surface area contributed by atoms with Gasteiger partial charge in [0.05, 0.1) is 6.61 Å². The second-order valence-electron chi connectivity index (χ2n) is 2.20. The molecule has 0 radical (unpaired) electrons. The van der Waals surface area contributed by atoms with E-state index in [1.807, 2.05) is 13.8 Å². The van der Waals surface area contributed by atoms with E-state index in [0.717, 1.165) is 0 Å². The van der Waals surface area contributed by atoms with Crippen molar-refractivity contribution >= 4 is 5.97 Å². The summed E-state index contributed by atoms with van der Waals surface area (Å²) >= 11 is 0. The van der Waals surface area contributed by atoms with Crippen LogP contribution >= 0.6 is 0 Å². The number of carbonyl (C=O) groups is 1. The van der Waals surface area contributed by atoms with E-state index in [0.29, 0.717) is 12.5 Å². The van der Waals surface area contributed by atoms with Crippen LogP contribution in [-0.4, -0.2) is 12.6 Å². The first-order valence-corrected chi connectivity index (χ1v) is 2.76. The predicted octanol–water partition coefficient (Wildman–Crippen LogP) is 1.20. The van der Waals surface area contributed by atoms with Crippen LogP contribution in [0.1, 0.15) is 20.8 Å². The first kappa shape index (κ1) is 11.8. The van der Waals surface area contributed by atoms with Crippen molar-refractivity contribution in [2.45, 2.75) is 20.8 Å². The van der Waals surface area contributed by atoms with Crippen LogP contribution in [0.15, 0.2) is 0 Å². The molecule has 0 aliphatic carbocycles. The van der Waals surface area contributed by atoms with Crippen molar-refractivity contribution in [2.24, 2.45) is 5.92 Å². The second kappa shape index (κ2) is 6.22. The standard InChI is InChI=1S/C6H12O2.Zn/c1-5(2)4-8-6(3)7;/h5H,4H2,1-3H3;. The Bertz CT molecular complexity index is 81.1. The molecule has 0 amide bonds. The van der Waals surface area contributed by atoms with Gasteiger partial charge in [0.25, 0.3) is 0 Å². The van der Waals surface area contributed by atoms with E-state index in [1.54, 1.807) is 0 Å². The monoisotopic (exact) mass is 180 g/mol. The largest absolute Gasteiger partial charge is 0.466 e. The Hall–Kier alpha value is 0.0934. The molecule has 0 rings (SSSR count). The quantitative estimate of drug-likeness (QED) is 0.473. The molecule has 0 bridgehead atoms. The van der Waals surface area contributed by atoms with E-state index >= 15 is 0 Å². The molecule has 0 aliphatic rings. The van der Waals surface area contributed by atoms with Gasteiger partial charge in [0.15, 0.2) is 0 Å². The van der Waals surface area contributed by atoms with Crippen molar-refractivity contribution in [3.05, 3.63) is 0 Å². The summed E-state index contributed by atoms with van der Waals surface area (Å²) in [6.45, 7) is 5.96. The van der Waals surface area contributed by atoms with Crippen LogP contribution in [0.5, 0.6) is 0 Å². The normalized spacial score (nSPS) is 8.44. The zero-order chi connectivity index (χ0) is 6.57. The van der Waals surface area contributed by atoms with Gasteiger partial charge in [-0.1, -0.05) is 13.8 Å². The summed E-state index contributed by atoms with van der Waals surface area (Å²) in [7, 11) is 0. The van der Waals surface area contributed by atoms with Crippen LogP contribution in [0.25, 0.3) is 0 Å². The Balaban J connectivity index is 0. The Morgan fingerprint density at radius 3 is 2.11 bits per heavy atom. The third-order valence-corrected chi connectivity index (χ3v) is 0.620. The third kappa shape index (κ3) is 11.6. The fraction of sp³-hybridized carbons (Fsp3) is 0.833. The van der Waals surface area contributed by atoms with Crippen molar-refractivity contribution in [2.75, 3.05) is 6.61 Å². The molecule has 0 heterocycles. The molecule has 9 heavy (non-hydrogen) atoms. The van der Waals surface area contributed by atoms with Crippen molar-refractivity contribution in [1.82, 2.24) is 0 Å². The molecule has 0 fully saturated rings. The number of esters is 1. The van der Waals surface area contributed by atoms with Crippen molar-refractivity contribution in [1.29, 1.82) is 0 Å². The molecule has 0 atom stereocenters. The molecule has 2 nitrogen and oxygen atoms in total. The first-order chi connectivity index (χ1) is 3.63. The summed E-state index contributed by atoms with van der Waals surface area (Å²) in [5.74, 6) is 0.248. The summed E-state index contributed by atoms with van der Waals surface area (Å²) in [5, 5.41) is 0. The SMILES string of the molecule is CC(=O)OCC(C)C.[Zn]. The van der Waals surface area contributed by atoms with Gasteiger partial charge in [0.2, 0.25) is 0 Å². The van der Waals surface area contributed by atoms with Gasteiger partial charge in [-0.3, -0.25) is 4.79 Å². The van der Waals surface area contributed by atoms with E-state index in [9.17, 15) is 4.79 Å². The maximum atomic E-state index is 10.1. The molecule has 0 aromatic rings. The molecule has 3 heteroatoms. The minimum absolute atomic E-state index is 0. The number of hydrogen-bond donors (Lipinski definition) is 0. The maximum absolute atomic E-state index is 10.1. The Kier molecular flexibility index (Phi) is 8.18. The minimum Gasteiger partial charge on any atom is -0.466 e. The zero-order valence-corrected chi connectivity index (χ0v) is 9.28. The van der Waals surface area contributed by atoms with Crippen molar-refractivity contribution in [3.8, 4) is 0 Å². The summed E-state index contributed by atoms with van der Waals surface area (Å²) in [5.41, 5.74) is 0. The average Bonchev–Trinajstić information content (AvgIpc) is 1.61. The molecular weight excluding hydrogens is 169 g/mol. The molecule has 0 N–H and O–H groups in total. The van der Waals surface area contributed by atoms with Crippen LogP contribution in [0, 0.1) is 5.92 Å². The number of rotatable bonds is 2. The molecule has 0 aromatic heterocycles. The van der Waals surface area contributed by atoms with Gasteiger partial charge in [0, 0.05) is 26.4 Å². The number of hydrogen-bond acceptors (Lipinski definition) is 2. The summed E-state index contributed by atoms with van der Waals surface area (Å²) in [4.78, 5) is 10.1. The summed E-state index contributed by atoms with van der Waals surface area (Å²) in [6, 6.07) is 0. The summed E-state index contributed by atoms with van der Waals surface area (Å²) < 4.78 is 4.66. The van der Waals surface area contributed by atoms with Gasteiger partial charge < -0.3 is 4.74 Å². The van der Waals surface area contributed by atoms with Gasteiger partial charge in [-0.15, -0.1) is 0 Å². The Morgan fingerprint density at radius 1 is 1.56 bits per heavy atom. The van der Waals surface area contributed by atoms with Crippen LogP contribution in [0.3, 0.4) is 0 Å². The fourth-order valence-corrected chi connectivity index (χ4v) is 0.284. The summed E-state index contributed by atoms with van der Waals surface area (Å²) in [6.07, 6.45) is 0. The number of carbonyl (C=O) groups excluding carboxylic acids is 1. The Morgan fingerprint density at radius 2 is 2.00 bits per heavy atom. The van der Waals surface area contributed by atoms with Gasteiger partial charge in [0.1, 0.15) is 0 Å². The van der Waals surface area contributed by atoms with Crippen LogP contribution in [0.2, 0.25) is 0 Å². The molecule has 0 saturated carbocycles. The molecular formula is C6H12O2Zn. The molecule has 0 saturated heterocycles. The molecule has 50 valence electrons. The third-order valence-electron chi connectivity index (χ3n) is 0.620. The molecule has 0 aromatic carbocycles. The predicted molar refractivity (Wildman–Crippen MR) is 31.5 cm³/mol. The van der Waals surface area contributed by atoms with E-state index in [4.69, 9.17) is 0 Å². The van der Waals surface area contributed by atoms with Crippen LogP contribution < -0.4 is 0 Å². The molecule has 0 spiro atoms.